The molecule has 0 aliphatic heterocycles. The maximum Gasteiger partial charge on any atom is 0.322 e. The molecule has 0 unspecified atom stereocenters. The van der Waals surface area contributed by atoms with Crippen LogP contribution in [0.1, 0.15) is 18.9 Å². The minimum absolute atomic E-state index is 0.172. The Morgan fingerprint density at radius 3 is 2.13 bits per heavy atom. The van der Waals surface area contributed by atoms with E-state index in [1.165, 1.54) is 12.1 Å². The molecule has 3 aromatic rings. The molecule has 1 atom stereocenters. The molecule has 0 fully saturated rings. The summed E-state index contributed by atoms with van der Waals surface area (Å²) in [6.45, 7) is 2.51. The maximum absolute atomic E-state index is 12.9. The maximum atomic E-state index is 12.9. The van der Waals surface area contributed by atoms with Crippen LogP contribution >= 0.6 is 0 Å². The second-order valence-corrected chi connectivity index (χ2v) is 12.3. The summed E-state index contributed by atoms with van der Waals surface area (Å²) in [4.78, 5) is 22.9. The molecule has 12 heteroatoms. The molecule has 0 aromatic heterocycles. The summed E-state index contributed by atoms with van der Waals surface area (Å²) < 4.78 is 52.1. The third-order valence-corrected chi connectivity index (χ3v) is 8.33. The van der Waals surface area contributed by atoms with Crippen molar-refractivity contribution in [2.24, 2.45) is 0 Å². The molecule has 0 spiro atoms. The van der Waals surface area contributed by atoms with Crippen LogP contribution < -0.4 is 15.4 Å². The average Bonchev–Trinajstić information content (AvgIpc) is 2.87. The lowest BCUT2D eigenvalue weighted by Gasteiger charge is -2.17. The first kappa shape index (κ1) is 28.8. The van der Waals surface area contributed by atoms with E-state index in [1.54, 1.807) is 42.5 Å². The summed E-state index contributed by atoms with van der Waals surface area (Å²) in [5.41, 5.74) is 2.78. The van der Waals surface area contributed by atoms with Gasteiger partial charge >= 0.3 is 12.0 Å². The van der Waals surface area contributed by atoms with Gasteiger partial charge < -0.3 is 15.7 Å². The Morgan fingerprint density at radius 1 is 0.868 bits per heavy atom. The van der Waals surface area contributed by atoms with Crippen molar-refractivity contribution in [1.82, 2.24) is 10.0 Å². The second-order valence-electron chi connectivity index (χ2n) is 8.59. The number of hydrogen-bond donors (Lipinski definition) is 4. The number of sulfone groups is 1. The Balaban J connectivity index is 1.77. The summed E-state index contributed by atoms with van der Waals surface area (Å²) in [5, 5.41) is 15.2. The zero-order valence-corrected chi connectivity index (χ0v) is 22.5. The van der Waals surface area contributed by atoms with Crippen LogP contribution in [0.2, 0.25) is 0 Å². The number of rotatable bonds is 11. The number of carboxylic acid groups (broad SMARTS) is 1. The molecule has 4 N–H and O–H groups in total. The van der Waals surface area contributed by atoms with E-state index in [9.17, 15) is 31.5 Å². The number of carbonyl (C=O) groups excluding carboxylic acids is 1. The Bertz CT molecular complexity index is 1520. The van der Waals surface area contributed by atoms with E-state index in [-0.39, 0.29) is 12.5 Å². The molecule has 2 amide bonds. The summed E-state index contributed by atoms with van der Waals surface area (Å²) in [6, 6.07) is 17.3. The molecule has 3 aromatic carbocycles. The van der Waals surface area contributed by atoms with E-state index < -0.39 is 41.7 Å². The lowest BCUT2D eigenvalue weighted by Crippen LogP contribution is -2.42. The highest BCUT2D eigenvalue weighted by molar-refractivity contribution is 7.93. The molecule has 0 saturated heterocycles. The number of benzene rings is 3. The summed E-state index contributed by atoms with van der Waals surface area (Å²) in [5.74, 6) is -1.41. The van der Waals surface area contributed by atoms with Crippen LogP contribution in [0.5, 0.6) is 0 Å². The van der Waals surface area contributed by atoms with Crippen molar-refractivity contribution in [1.29, 1.82) is 0 Å². The van der Waals surface area contributed by atoms with E-state index in [1.807, 2.05) is 13.0 Å². The van der Waals surface area contributed by atoms with E-state index in [4.69, 9.17) is 0 Å². The van der Waals surface area contributed by atoms with Crippen molar-refractivity contribution < 1.29 is 31.5 Å². The van der Waals surface area contributed by atoms with Gasteiger partial charge in [-0.1, -0.05) is 55.5 Å². The number of carboxylic acids is 1. The van der Waals surface area contributed by atoms with Gasteiger partial charge in [-0.15, -0.1) is 0 Å². The number of urea groups is 1. The first-order valence-electron chi connectivity index (χ1n) is 11.7. The van der Waals surface area contributed by atoms with Crippen molar-refractivity contribution >= 4 is 37.5 Å². The lowest BCUT2D eigenvalue weighted by atomic mass is 10.0. The first-order chi connectivity index (χ1) is 17.9. The van der Waals surface area contributed by atoms with E-state index >= 15 is 0 Å². The molecular weight excluding hydrogens is 530 g/mol. The Labute approximate surface area is 222 Å². The van der Waals surface area contributed by atoms with Crippen molar-refractivity contribution in [2.75, 3.05) is 18.1 Å². The first-order valence-corrected chi connectivity index (χ1v) is 15.1. The number of carbonyl (C=O) groups is 2. The monoisotopic (exact) mass is 559 g/mol. The minimum Gasteiger partial charge on any atom is -0.480 e. The van der Waals surface area contributed by atoms with Gasteiger partial charge in [0.05, 0.1) is 4.90 Å². The van der Waals surface area contributed by atoms with Gasteiger partial charge in [0, 0.05) is 18.5 Å². The van der Waals surface area contributed by atoms with Gasteiger partial charge in [0.2, 0.25) is 10.0 Å². The molecule has 0 heterocycles. The normalized spacial score (nSPS) is 12.5. The Morgan fingerprint density at radius 2 is 1.53 bits per heavy atom. The number of anilines is 1. The van der Waals surface area contributed by atoms with Crippen molar-refractivity contribution in [3.63, 3.8) is 0 Å². The second kappa shape index (κ2) is 12.2. The highest BCUT2D eigenvalue weighted by atomic mass is 32.2. The van der Waals surface area contributed by atoms with Crippen molar-refractivity contribution in [3.8, 4) is 11.1 Å². The van der Waals surface area contributed by atoms with Gasteiger partial charge in [-0.2, -0.15) is 4.72 Å². The van der Waals surface area contributed by atoms with Gasteiger partial charge in [0.1, 0.15) is 10.9 Å². The van der Waals surface area contributed by atoms with Crippen LogP contribution in [0, 0.1) is 0 Å². The Kier molecular flexibility index (Phi) is 9.26. The van der Waals surface area contributed by atoms with Gasteiger partial charge in [-0.05, 0) is 53.8 Å². The molecular formula is C26H29N3O7S2. The van der Waals surface area contributed by atoms with Crippen LogP contribution in [0.3, 0.4) is 0 Å². The highest BCUT2D eigenvalue weighted by Crippen LogP contribution is 2.24. The fourth-order valence-electron chi connectivity index (χ4n) is 3.67. The van der Waals surface area contributed by atoms with E-state index in [0.29, 0.717) is 17.8 Å². The zero-order chi connectivity index (χ0) is 27.9. The molecule has 0 aliphatic rings. The van der Waals surface area contributed by atoms with Gasteiger partial charge in [0.25, 0.3) is 0 Å². The molecule has 0 saturated carbocycles. The predicted molar refractivity (Wildman–Crippen MR) is 144 cm³/mol. The smallest absolute Gasteiger partial charge is 0.322 e. The summed E-state index contributed by atoms with van der Waals surface area (Å²) in [6.07, 6.45) is 1.53. The van der Waals surface area contributed by atoms with Crippen LogP contribution in [0.25, 0.3) is 11.1 Å². The topological polar surface area (TPSA) is 159 Å². The predicted octanol–water partition coefficient (Wildman–Crippen LogP) is 3.26. The van der Waals surface area contributed by atoms with Crippen molar-refractivity contribution in [2.45, 2.75) is 35.6 Å². The zero-order valence-electron chi connectivity index (χ0n) is 20.8. The quantitative estimate of drug-likeness (QED) is 0.281. The number of hydrogen-bond acceptors (Lipinski definition) is 6. The van der Waals surface area contributed by atoms with Crippen LogP contribution in [0.15, 0.2) is 82.6 Å². The molecule has 10 nitrogen and oxygen atoms in total. The number of amides is 2. The Hall–Kier alpha value is -3.74. The van der Waals surface area contributed by atoms with Crippen molar-refractivity contribution in [3.05, 3.63) is 78.4 Å². The van der Waals surface area contributed by atoms with Crippen LogP contribution in [-0.2, 0) is 31.1 Å². The molecule has 38 heavy (non-hydrogen) atoms. The van der Waals surface area contributed by atoms with E-state index in [0.717, 1.165) is 35.9 Å². The van der Waals surface area contributed by atoms with Gasteiger partial charge in [-0.3, -0.25) is 4.79 Å². The fourth-order valence-corrected chi connectivity index (χ4v) is 6.49. The van der Waals surface area contributed by atoms with Crippen LogP contribution in [0.4, 0.5) is 10.5 Å². The fraction of sp³-hybridized carbons (Fsp3) is 0.231. The minimum atomic E-state index is -4.46. The average molecular weight is 560 g/mol. The third-order valence-electron chi connectivity index (χ3n) is 5.52. The highest BCUT2D eigenvalue weighted by Gasteiger charge is 2.29. The third kappa shape index (κ3) is 7.63. The summed E-state index contributed by atoms with van der Waals surface area (Å²) in [7, 11) is -8.33. The van der Waals surface area contributed by atoms with E-state index in [2.05, 4.69) is 15.4 Å². The molecule has 0 radical (unpaired) electrons. The van der Waals surface area contributed by atoms with Gasteiger partial charge in [-0.25, -0.2) is 21.6 Å². The molecule has 0 bridgehead atoms. The molecule has 0 aliphatic carbocycles. The van der Waals surface area contributed by atoms with Gasteiger partial charge in [0.15, 0.2) is 9.84 Å². The molecule has 202 valence electrons. The summed E-state index contributed by atoms with van der Waals surface area (Å²) >= 11 is 0. The number of nitrogens with one attached hydrogen (secondary N) is 3. The SMILES string of the molecule is CCCNC(=O)Nc1cccc(-c2ccc(C[C@H](NS(=O)(=O)c3ccccc3S(C)(=O)=O)C(=O)O)cc2)c1. The largest absolute Gasteiger partial charge is 0.480 e. The standard InChI is InChI=1S/C26H29N3O7S2/c1-3-15-27-26(32)28-21-8-6-7-20(17-21)19-13-11-18(12-14-19)16-22(25(30)31)29-38(35,36)24-10-5-4-9-23(24)37(2,33)34/h4-14,17,22,29H,3,15-16H2,1-2H3,(H,30,31)(H2,27,28,32)/t22-/m0/s1. The lowest BCUT2D eigenvalue weighted by molar-refractivity contribution is -0.138. The number of sulfonamides is 1. The van der Waals surface area contributed by atoms with Crippen LogP contribution in [-0.4, -0.2) is 52.8 Å². The number of aliphatic carboxylic acids is 1. The molecule has 3 rings (SSSR count).